The Morgan fingerprint density at radius 3 is 2.46 bits per heavy atom. The van der Waals surface area contributed by atoms with Crippen LogP contribution in [-0.4, -0.2) is 24.3 Å². The second-order valence-electron chi connectivity index (χ2n) is 8.23. The van der Waals surface area contributed by atoms with Gasteiger partial charge in [-0.3, -0.25) is 9.36 Å². The third kappa shape index (κ3) is 4.82. The van der Waals surface area contributed by atoms with Crippen LogP contribution < -0.4 is 19.6 Å². The lowest BCUT2D eigenvalue weighted by atomic mass is 9.93. The van der Waals surface area contributed by atoms with Crippen molar-refractivity contribution in [2.45, 2.75) is 13.0 Å². The molecule has 0 unspecified atom stereocenters. The van der Waals surface area contributed by atoms with E-state index in [1.54, 1.807) is 18.6 Å². The average molecular weight is 575 g/mol. The van der Waals surface area contributed by atoms with Crippen molar-refractivity contribution in [3.05, 3.63) is 125 Å². The van der Waals surface area contributed by atoms with Crippen molar-refractivity contribution >= 4 is 45.0 Å². The van der Waals surface area contributed by atoms with E-state index in [-0.39, 0.29) is 12.2 Å². The molecule has 1 atom stereocenters. The Bertz CT molecular complexity index is 1670. The van der Waals surface area contributed by atoms with E-state index >= 15 is 0 Å². The number of hydrogen-bond donors (Lipinski definition) is 0. The molecule has 0 fully saturated rings. The van der Waals surface area contributed by atoms with E-state index in [9.17, 15) is 9.59 Å². The Morgan fingerprint density at radius 2 is 1.78 bits per heavy atom. The first-order valence-electron chi connectivity index (χ1n) is 11.7. The number of esters is 1. The van der Waals surface area contributed by atoms with Crippen LogP contribution in [0.1, 0.15) is 29.7 Å². The summed E-state index contributed by atoms with van der Waals surface area (Å²) in [5.41, 5.74) is 2.97. The van der Waals surface area contributed by atoms with Crippen molar-refractivity contribution < 1.29 is 14.3 Å². The molecule has 0 radical (unpaired) electrons. The Balaban J connectivity index is 1.82. The van der Waals surface area contributed by atoms with Crippen molar-refractivity contribution in [1.82, 2.24) is 4.57 Å². The number of aromatic nitrogens is 1. The Morgan fingerprint density at radius 1 is 1.08 bits per heavy atom. The number of nitrogens with zero attached hydrogens (tertiary/aromatic N) is 2. The van der Waals surface area contributed by atoms with Gasteiger partial charge in [0.2, 0.25) is 0 Å². The molecule has 37 heavy (non-hydrogen) atoms. The first-order valence-corrected chi connectivity index (χ1v) is 13.3. The molecule has 186 valence electrons. The Kier molecular flexibility index (Phi) is 7.21. The SMILES string of the molecule is CCOC(=O)C1=C(c2ccccc2)N=c2s/c(=C\c3cc(OC)ccc3Br)c(=O)n2[C@H]1c1ccccc1. The lowest BCUT2D eigenvalue weighted by Gasteiger charge is -2.25. The first-order chi connectivity index (χ1) is 18.0. The number of thiazole rings is 1. The van der Waals surface area contributed by atoms with Gasteiger partial charge in [0.25, 0.3) is 5.56 Å². The standard InChI is InChI=1S/C29H23BrN2O4S/c1-3-36-28(34)24-25(18-10-6-4-7-11-18)31-29-32(26(24)19-12-8-5-9-13-19)27(33)23(37-29)17-20-16-21(35-2)14-15-22(20)30/h4-17,26H,3H2,1-2H3/b23-17-/t26-/m0/s1. The number of methoxy groups -OCH3 is 1. The summed E-state index contributed by atoms with van der Waals surface area (Å²) in [6.45, 7) is 1.97. The number of rotatable bonds is 6. The van der Waals surface area contributed by atoms with E-state index in [0.29, 0.717) is 26.4 Å². The lowest BCUT2D eigenvalue weighted by Crippen LogP contribution is -2.40. The zero-order valence-electron chi connectivity index (χ0n) is 20.2. The highest BCUT2D eigenvalue weighted by Gasteiger charge is 2.35. The third-order valence-electron chi connectivity index (χ3n) is 5.98. The molecule has 4 aromatic rings. The monoisotopic (exact) mass is 574 g/mol. The second kappa shape index (κ2) is 10.7. The van der Waals surface area contributed by atoms with Gasteiger partial charge in [-0.25, -0.2) is 9.79 Å². The largest absolute Gasteiger partial charge is 0.497 e. The molecule has 1 aliphatic rings. The summed E-state index contributed by atoms with van der Waals surface area (Å²) in [5, 5.41) is 0. The fraction of sp³-hybridized carbons (Fsp3) is 0.138. The molecule has 1 aliphatic heterocycles. The molecule has 0 saturated heterocycles. The van der Waals surface area contributed by atoms with Gasteiger partial charge >= 0.3 is 5.97 Å². The van der Waals surface area contributed by atoms with E-state index in [0.717, 1.165) is 21.2 Å². The second-order valence-corrected chi connectivity index (χ2v) is 10.1. The number of carbonyl (C=O) groups excluding carboxylic acids is 1. The molecule has 0 N–H and O–H groups in total. The van der Waals surface area contributed by atoms with Crippen LogP contribution in [-0.2, 0) is 9.53 Å². The maximum Gasteiger partial charge on any atom is 0.338 e. The minimum atomic E-state index is -0.692. The van der Waals surface area contributed by atoms with Crippen LogP contribution in [0.25, 0.3) is 11.8 Å². The zero-order valence-corrected chi connectivity index (χ0v) is 22.6. The molecule has 1 aromatic heterocycles. The van der Waals surface area contributed by atoms with Crippen molar-refractivity contribution in [3.63, 3.8) is 0 Å². The van der Waals surface area contributed by atoms with E-state index in [4.69, 9.17) is 14.5 Å². The number of halogens is 1. The van der Waals surface area contributed by atoms with Gasteiger partial charge in [0.15, 0.2) is 4.80 Å². The van der Waals surface area contributed by atoms with Gasteiger partial charge in [-0.05, 0) is 42.3 Å². The fourth-order valence-corrected chi connectivity index (χ4v) is 5.64. The van der Waals surface area contributed by atoms with Crippen molar-refractivity contribution in [3.8, 4) is 5.75 Å². The highest BCUT2D eigenvalue weighted by atomic mass is 79.9. The summed E-state index contributed by atoms with van der Waals surface area (Å²) in [4.78, 5) is 32.7. The van der Waals surface area contributed by atoms with Crippen LogP contribution in [0.3, 0.4) is 0 Å². The predicted molar refractivity (Wildman–Crippen MR) is 148 cm³/mol. The normalized spacial score (nSPS) is 15.2. The Labute approximate surface area is 226 Å². The van der Waals surface area contributed by atoms with Crippen LogP contribution in [0, 0.1) is 0 Å². The molecule has 8 heteroatoms. The molecular formula is C29H23BrN2O4S. The lowest BCUT2D eigenvalue weighted by molar-refractivity contribution is -0.138. The summed E-state index contributed by atoms with van der Waals surface area (Å²) in [6.07, 6.45) is 1.81. The third-order valence-corrected chi connectivity index (χ3v) is 7.68. The number of hydrogen-bond acceptors (Lipinski definition) is 6. The maximum absolute atomic E-state index is 13.9. The van der Waals surface area contributed by atoms with Gasteiger partial charge in [-0.2, -0.15) is 0 Å². The fourth-order valence-electron chi connectivity index (χ4n) is 4.29. The van der Waals surface area contributed by atoms with E-state index in [2.05, 4.69) is 15.9 Å². The van der Waals surface area contributed by atoms with Gasteiger partial charge in [0.05, 0.1) is 35.6 Å². The number of benzene rings is 3. The minimum Gasteiger partial charge on any atom is -0.497 e. The molecule has 0 aliphatic carbocycles. The van der Waals surface area contributed by atoms with Crippen LogP contribution in [0.5, 0.6) is 5.75 Å². The highest BCUT2D eigenvalue weighted by Crippen LogP contribution is 2.35. The molecule has 0 bridgehead atoms. The molecule has 5 rings (SSSR count). The molecule has 3 aromatic carbocycles. The molecule has 6 nitrogen and oxygen atoms in total. The summed E-state index contributed by atoms with van der Waals surface area (Å²) in [6, 6.07) is 23.9. The van der Waals surface area contributed by atoms with Crippen LogP contribution in [0.2, 0.25) is 0 Å². The van der Waals surface area contributed by atoms with Crippen molar-refractivity contribution in [2.75, 3.05) is 13.7 Å². The van der Waals surface area contributed by atoms with Crippen LogP contribution in [0.15, 0.2) is 98.7 Å². The van der Waals surface area contributed by atoms with Gasteiger partial charge < -0.3 is 9.47 Å². The molecular weight excluding hydrogens is 552 g/mol. The van der Waals surface area contributed by atoms with Crippen LogP contribution >= 0.6 is 27.3 Å². The Hall–Kier alpha value is -3.75. The molecule has 0 amide bonds. The summed E-state index contributed by atoms with van der Waals surface area (Å²) < 4.78 is 13.8. The summed E-state index contributed by atoms with van der Waals surface area (Å²) in [7, 11) is 1.60. The smallest absolute Gasteiger partial charge is 0.338 e. The number of fused-ring (bicyclic) bond motifs is 1. The van der Waals surface area contributed by atoms with Gasteiger partial charge in [-0.1, -0.05) is 87.9 Å². The predicted octanol–water partition coefficient (Wildman–Crippen LogP) is 4.71. The molecule has 2 heterocycles. The molecule has 0 spiro atoms. The van der Waals surface area contributed by atoms with Gasteiger partial charge in [-0.15, -0.1) is 0 Å². The average Bonchev–Trinajstić information content (AvgIpc) is 3.24. The van der Waals surface area contributed by atoms with E-state index in [1.807, 2.05) is 84.9 Å². The zero-order chi connectivity index (χ0) is 25.9. The van der Waals surface area contributed by atoms with Crippen molar-refractivity contribution in [1.29, 1.82) is 0 Å². The first kappa shape index (κ1) is 24.9. The molecule has 0 saturated carbocycles. The summed E-state index contributed by atoms with van der Waals surface area (Å²) >= 11 is 4.85. The highest BCUT2D eigenvalue weighted by molar-refractivity contribution is 9.10. The number of ether oxygens (including phenoxy) is 2. The van der Waals surface area contributed by atoms with Crippen LogP contribution in [0.4, 0.5) is 0 Å². The van der Waals surface area contributed by atoms with E-state index < -0.39 is 12.0 Å². The van der Waals surface area contributed by atoms with E-state index in [1.165, 1.54) is 11.3 Å². The quantitative estimate of drug-likeness (QED) is 0.313. The number of carbonyl (C=O) groups is 1. The summed E-state index contributed by atoms with van der Waals surface area (Å²) in [5.74, 6) is 0.184. The van der Waals surface area contributed by atoms with Gasteiger partial charge in [0, 0.05) is 10.0 Å². The topological polar surface area (TPSA) is 69.9 Å². The maximum atomic E-state index is 13.9. The minimum absolute atomic E-state index is 0.209. The van der Waals surface area contributed by atoms with Crippen molar-refractivity contribution in [2.24, 2.45) is 4.99 Å². The van der Waals surface area contributed by atoms with Gasteiger partial charge in [0.1, 0.15) is 5.75 Å².